The molecule has 0 aliphatic carbocycles. The van der Waals surface area contributed by atoms with Crippen LogP contribution in [0, 0.1) is 0 Å². The van der Waals surface area contributed by atoms with Crippen LogP contribution >= 0.6 is 0 Å². The van der Waals surface area contributed by atoms with Crippen molar-refractivity contribution in [2.45, 2.75) is 26.4 Å². The van der Waals surface area contributed by atoms with E-state index in [0.717, 1.165) is 22.9 Å². The molecule has 8 nitrogen and oxygen atoms in total. The highest BCUT2D eigenvalue weighted by Crippen LogP contribution is 2.23. The molecular weight excluding hydrogens is 408 g/mol. The number of nitrogen functional groups attached to an aromatic ring is 1. The molecule has 0 spiro atoms. The smallest absolute Gasteiger partial charge is 0.336 e. The number of nitrogens with one attached hydrogen (secondary N) is 1. The fraction of sp³-hybridized carbons (Fsp3) is 0.208. The van der Waals surface area contributed by atoms with Crippen molar-refractivity contribution >= 4 is 22.5 Å². The predicted molar refractivity (Wildman–Crippen MR) is 125 cm³/mol. The van der Waals surface area contributed by atoms with Crippen molar-refractivity contribution in [2.75, 3.05) is 17.7 Å². The van der Waals surface area contributed by atoms with Gasteiger partial charge in [-0.25, -0.2) is 9.59 Å². The number of aromatic amines is 1. The number of rotatable bonds is 6. The molecule has 0 unspecified atom stereocenters. The van der Waals surface area contributed by atoms with Crippen molar-refractivity contribution in [2.24, 2.45) is 0 Å². The Morgan fingerprint density at radius 1 is 1.03 bits per heavy atom. The molecule has 164 valence electrons. The zero-order valence-electron chi connectivity index (χ0n) is 17.9. The van der Waals surface area contributed by atoms with Crippen LogP contribution in [-0.2, 0) is 19.5 Å². The summed E-state index contributed by atoms with van der Waals surface area (Å²) in [5, 5.41) is 0.779. The first-order valence-electron chi connectivity index (χ1n) is 10.3. The van der Waals surface area contributed by atoms with Crippen LogP contribution in [0.3, 0.4) is 0 Å². The van der Waals surface area contributed by atoms with Crippen LogP contribution in [0.1, 0.15) is 23.6 Å². The molecule has 0 radical (unpaired) electrons. The Kier molecular flexibility index (Phi) is 5.68. The lowest BCUT2D eigenvalue weighted by atomic mass is 10.1. The molecular formula is C24H24N4O4. The third-order valence-corrected chi connectivity index (χ3v) is 5.49. The first-order chi connectivity index (χ1) is 15.4. The highest BCUT2D eigenvalue weighted by atomic mass is 16.4. The minimum atomic E-state index is -0.583. The van der Waals surface area contributed by atoms with Crippen molar-refractivity contribution in [1.29, 1.82) is 0 Å². The molecule has 0 saturated carbocycles. The molecule has 0 amide bonds. The molecule has 0 atom stereocenters. The molecule has 0 fully saturated rings. The van der Waals surface area contributed by atoms with E-state index in [1.807, 2.05) is 55.5 Å². The Balaban J connectivity index is 1.75. The highest BCUT2D eigenvalue weighted by molar-refractivity contribution is 5.81. The maximum absolute atomic E-state index is 12.6. The third-order valence-electron chi connectivity index (χ3n) is 5.49. The average Bonchev–Trinajstić information content (AvgIpc) is 2.76. The predicted octanol–water partition coefficient (Wildman–Crippen LogP) is 2.47. The molecule has 3 N–H and O–H groups in total. The maximum atomic E-state index is 12.6. The zero-order valence-corrected chi connectivity index (χ0v) is 17.9. The van der Waals surface area contributed by atoms with Crippen molar-refractivity contribution in [3.63, 3.8) is 0 Å². The topological polar surface area (TPSA) is 114 Å². The van der Waals surface area contributed by atoms with Gasteiger partial charge in [-0.3, -0.25) is 14.3 Å². The molecule has 0 aliphatic heterocycles. The largest absolute Gasteiger partial charge is 0.423 e. The van der Waals surface area contributed by atoms with Gasteiger partial charge in [-0.2, -0.15) is 0 Å². The van der Waals surface area contributed by atoms with E-state index in [2.05, 4.69) is 4.98 Å². The SMILES string of the molecule is CCc1ccc2c(CN(C)c3c(N)n(Cc4ccccc4)c(=O)[nH]c3=O)cc(=O)oc2c1. The number of benzene rings is 2. The third kappa shape index (κ3) is 4.07. The van der Waals surface area contributed by atoms with Gasteiger partial charge in [0.15, 0.2) is 0 Å². The molecule has 8 heteroatoms. The van der Waals surface area contributed by atoms with Gasteiger partial charge in [0.05, 0.1) is 6.54 Å². The van der Waals surface area contributed by atoms with Crippen LogP contribution < -0.4 is 27.5 Å². The first-order valence-corrected chi connectivity index (χ1v) is 10.3. The van der Waals surface area contributed by atoms with E-state index in [4.69, 9.17) is 10.2 Å². The molecule has 32 heavy (non-hydrogen) atoms. The number of aromatic nitrogens is 2. The van der Waals surface area contributed by atoms with Crippen molar-refractivity contribution < 1.29 is 4.42 Å². The van der Waals surface area contributed by atoms with E-state index < -0.39 is 16.9 Å². The van der Waals surface area contributed by atoms with Gasteiger partial charge in [0.2, 0.25) is 0 Å². The minimum Gasteiger partial charge on any atom is -0.423 e. The summed E-state index contributed by atoms with van der Waals surface area (Å²) in [6, 6.07) is 16.5. The molecule has 4 aromatic rings. The molecule has 0 saturated heterocycles. The number of nitrogens with two attached hydrogens (primary N) is 1. The molecule has 0 bridgehead atoms. The summed E-state index contributed by atoms with van der Waals surface area (Å²) in [6.45, 7) is 2.47. The molecule has 2 aromatic carbocycles. The zero-order chi connectivity index (χ0) is 22.8. The first kappa shape index (κ1) is 21.2. The van der Waals surface area contributed by atoms with E-state index >= 15 is 0 Å². The standard InChI is InChI=1S/C24H24N4O4/c1-3-15-9-10-18-17(12-20(29)32-19(18)11-15)14-27(2)21-22(25)28(24(31)26-23(21)30)13-16-7-5-4-6-8-16/h4-12H,3,13-14,25H2,1-2H3,(H,26,30,31). The van der Waals surface area contributed by atoms with Crippen LogP contribution in [-0.4, -0.2) is 16.6 Å². The van der Waals surface area contributed by atoms with Crippen LogP contribution in [0.4, 0.5) is 11.5 Å². The monoisotopic (exact) mass is 432 g/mol. The van der Waals surface area contributed by atoms with Crippen LogP contribution in [0.25, 0.3) is 11.0 Å². The quantitative estimate of drug-likeness (QED) is 0.453. The van der Waals surface area contributed by atoms with E-state index in [9.17, 15) is 14.4 Å². The van der Waals surface area contributed by atoms with E-state index in [0.29, 0.717) is 11.1 Å². The van der Waals surface area contributed by atoms with Gasteiger partial charge in [0, 0.05) is 25.0 Å². The van der Waals surface area contributed by atoms with Crippen LogP contribution in [0.2, 0.25) is 0 Å². The normalized spacial score (nSPS) is 11.1. The summed E-state index contributed by atoms with van der Waals surface area (Å²) < 4.78 is 6.70. The lowest BCUT2D eigenvalue weighted by Gasteiger charge is -2.22. The van der Waals surface area contributed by atoms with Gasteiger partial charge in [-0.1, -0.05) is 49.4 Å². The second kappa shape index (κ2) is 8.58. The second-order valence-corrected chi connectivity index (χ2v) is 7.70. The Bertz CT molecular complexity index is 1450. The van der Waals surface area contributed by atoms with Gasteiger partial charge in [0.25, 0.3) is 5.56 Å². The number of anilines is 2. The summed E-state index contributed by atoms with van der Waals surface area (Å²) in [4.78, 5) is 41.2. The van der Waals surface area contributed by atoms with E-state index in [1.165, 1.54) is 10.6 Å². The van der Waals surface area contributed by atoms with Gasteiger partial charge in [-0.15, -0.1) is 0 Å². The van der Waals surface area contributed by atoms with E-state index in [-0.39, 0.29) is 24.6 Å². The van der Waals surface area contributed by atoms with Crippen molar-refractivity contribution in [1.82, 2.24) is 9.55 Å². The fourth-order valence-corrected chi connectivity index (χ4v) is 3.83. The molecule has 0 aliphatic rings. The number of hydrogen-bond donors (Lipinski definition) is 2. The van der Waals surface area contributed by atoms with Crippen molar-refractivity contribution in [3.05, 3.63) is 103 Å². The van der Waals surface area contributed by atoms with Crippen molar-refractivity contribution in [3.8, 4) is 0 Å². The lowest BCUT2D eigenvalue weighted by Crippen LogP contribution is -2.37. The van der Waals surface area contributed by atoms with Gasteiger partial charge < -0.3 is 15.1 Å². The molecule has 4 rings (SSSR count). The Hall–Kier alpha value is -4.07. The number of fused-ring (bicyclic) bond motifs is 1. The number of nitrogens with zero attached hydrogens (tertiary/aromatic N) is 2. The Morgan fingerprint density at radius 2 is 1.78 bits per heavy atom. The highest BCUT2D eigenvalue weighted by Gasteiger charge is 2.18. The summed E-state index contributed by atoms with van der Waals surface area (Å²) in [6.07, 6.45) is 0.818. The molecule has 2 aromatic heterocycles. The number of H-pyrrole nitrogens is 1. The summed E-state index contributed by atoms with van der Waals surface area (Å²) >= 11 is 0. The summed E-state index contributed by atoms with van der Waals surface area (Å²) in [5.74, 6) is 0.0608. The van der Waals surface area contributed by atoms with Crippen LogP contribution in [0.5, 0.6) is 0 Å². The number of hydrogen-bond acceptors (Lipinski definition) is 6. The lowest BCUT2D eigenvalue weighted by molar-refractivity contribution is 0.558. The summed E-state index contributed by atoms with van der Waals surface area (Å²) in [5.41, 5.74) is 7.94. The second-order valence-electron chi connectivity index (χ2n) is 7.70. The van der Waals surface area contributed by atoms with Crippen LogP contribution in [0.15, 0.2) is 73.4 Å². The summed E-state index contributed by atoms with van der Waals surface area (Å²) in [7, 11) is 1.69. The molecule has 2 heterocycles. The van der Waals surface area contributed by atoms with Gasteiger partial charge in [0.1, 0.15) is 17.1 Å². The van der Waals surface area contributed by atoms with Gasteiger partial charge >= 0.3 is 11.3 Å². The minimum absolute atomic E-state index is 0.0608. The Labute approximate surface area is 183 Å². The fourth-order valence-electron chi connectivity index (χ4n) is 3.83. The van der Waals surface area contributed by atoms with E-state index in [1.54, 1.807) is 11.9 Å². The average molecular weight is 432 g/mol. The Morgan fingerprint density at radius 3 is 2.50 bits per heavy atom. The number of aryl methyl sites for hydroxylation is 1. The van der Waals surface area contributed by atoms with Gasteiger partial charge in [-0.05, 0) is 29.2 Å². The maximum Gasteiger partial charge on any atom is 0.336 e.